The molecule has 93 heavy (non-hydrogen) atoms. The van der Waals surface area contributed by atoms with E-state index in [1.165, 1.54) is 167 Å². The second-order valence-electron chi connectivity index (χ2n) is 26.5. The number of phosphoric ester groups is 2. The van der Waals surface area contributed by atoms with E-state index in [0.717, 1.165) is 115 Å². The van der Waals surface area contributed by atoms with Crippen LogP contribution >= 0.6 is 15.6 Å². The van der Waals surface area contributed by atoms with E-state index in [0.29, 0.717) is 25.7 Å². The van der Waals surface area contributed by atoms with Crippen molar-refractivity contribution in [1.82, 2.24) is 0 Å². The van der Waals surface area contributed by atoms with Crippen LogP contribution in [0.1, 0.15) is 362 Å². The van der Waals surface area contributed by atoms with Crippen molar-refractivity contribution in [3.63, 3.8) is 0 Å². The Bertz CT molecular complexity index is 1880. The van der Waals surface area contributed by atoms with Crippen LogP contribution in [0.5, 0.6) is 0 Å². The summed E-state index contributed by atoms with van der Waals surface area (Å²) in [6, 6.07) is 0. The maximum Gasteiger partial charge on any atom is 0.472 e. The van der Waals surface area contributed by atoms with E-state index in [2.05, 4.69) is 58.9 Å². The fraction of sp³-hybridized carbons (Fsp3) is 0.892. The van der Waals surface area contributed by atoms with Gasteiger partial charge in [-0.05, 0) is 57.3 Å². The summed E-state index contributed by atoms with van der Waals surface area (Å²) < 4.78 is 68.3. The summed E-state index contributed by atoms with van der Waals surface area (Å²) in [6.07, 6.45) is 57.8. The first-order valence-electron chi connectivity index (χ1n) is 38.0. The fourth-order valence-electron chi connectivity index (χ4n) is 10.8. The minimum Gasteiger partial charge on any atom is -0.462 e. The summed E-state index contributed by atoms with van der Waals surface area (Å²) in [7, 11) is -9.91. The van der Waals surface area contributed by atoms with E-state index in [1.54, 1.807) is 0 Å². The summed E-state index contributed by atoms with van der Waals surface area (Å²) in [4.78, 5) is 72.6. The van der Waals surface area contributed by atoms with Crippen LogP contribution in [0, 0.1) is 5.92 Å². The number of rotatable bonds is 72. The average Bonchev–Trinajstić information content (AvgIpc) is 3.73. The number of aliphatic hydroxyl groups excluding tert-OH is 1. The van der Waals surface area contributed by atoms with Crippen LogP contribution in [0.4, 0.5) is 0 Å². The molecule has 2 unspecified atom stereocenters. The van der Waals surface area contributed by atoms with Crippen molar-refractivity contribution in [2.75, 3.05) is 39.6 Å². The van der Waals surface area contributed by atoms with Crippen molar-refractivity contribution < 1.29 is 80.2 Å². The lowest BCUT2D eigenvalue weighted by Crippen LogP contribution is -2.30. The Morgan fingerprint density at radius 1 is 0.333 bits per heavy atom. The second-order valence-corrected chi connectivity index (χ2v) is 29.4. The van der Waals surface area contributed by atoms with E-state index in [4.69, 9.17) is 37.0 Å². The minimum absolute atomic E-state index is 0.102. The molecule has 0 fully saturated rings. The van der Waals surface area contributed by atoms with E-state index in [9.17, 15) is 43.2 Å². The Balaban J connectivity index is 5.25. The Labute approximate surface area is 567 Å². The number of unbranched alkanes of at least 4 members (excludes halogenated alkanes) is 41. The van der Waals surface area contributed by atoms with Gasteiger partial charge in [-0.3, -0.25) is 37.3 Å². The summed E-state index contributed by atoms with van der Waals surface area (Å²) in [6.45, 7) is 7.15. The molecular formula is C74H140O17P2. The van der Waals surface area contributed by atoms with Gasteiger partial charge in [-0.2, -0.15) is 0 Å². The molecule has 3 N–H and O–H groups in total. The quantitative estimate of drug-likeness (QED) is 0.0169. The SMILES string of the molecule is CCCCCC/C=C\C=C/CCCCCCCC(=O)OC[C@H](COP(=O)(O)OC[C@@H](O)COP(=O)(O)OC[C@@H](COC(=O)CCCCCCCCCCC)OC(=O)CCCCCCCCCCC(C)C)OC(=O)CCCCCCCCCCCCCCCCCCCC. The van der Waals surface area contributed by atoms with E-state index in [1.807, 2.05) is 0 Å². The highest BCUT2D eigenvalue weighted by Crippen LogP contribution is 2.45. The Hall–Kier alpha value is -2.46. The van der Waals surface area contributed by atoms with Gasteiger partial charge in [-0.15, -0.1) is 0 Å². The van der Waals surface area contributed by atoms with Crippen LogP contribution < -0.4 is 0 Å². The van der Waals surface area contributed by atoms with Crippen molar-refractivity contribution in [3.8, 4) is 0 Å². The Morgan fingerprint density at radius 2 is 0.581 bits per heavy atom. The average molecular weight is 1360 g/mol. The summed E-state index contributed by atoms with van der Waals surface area (Å²) >= 11 is 0. The molecule has 0 bridgehead atoms. The molecule has 0 aromatic carbocycles. The van der Waals surface area contributed by atoms with Gasteiger partial charge >= 0.3 is 39.5 Å². The van der Waals surface area contributed by atoms with E-state index >= 15 is 0 Å². The third kappa shape index (κ3) is 67.9. The van der Waals surface area contributed by atoms with Gasteiger partial charge < -0.3 is 33.8 Å². The Morgan fingerprint density at radius 3 is 0.882 bits per heavy atom. The molecule has 0 heterocycles. The van der Waals surface area contributed by atoms with Gasteiger partial charge in [-0.25, -0.2) is 9.13 Å². The van der Waals surface area contributed by atoms with Crippen LogP contribution in [0.2, 0.25) is 0 Å². The number of ether oxygens (including phenoxy) is 4. The Kier molecular flexibility index (Phi) is 65.0. The van der Waals surface area contributed by atoms with Crippen molar-refractivity contribution in [2.24, 2.45) is 5.92 Å². The molecule has 0 radical (unpaired) electrons. The van der Waals surface area contributed by atoms with Crippen molar-refractivity contribution in [2.45, 2.75) is 380 Å². The number of hydrogen-bond acceptors (Lipinski definition) is 15. The molecule has 0 aromatic rings. The van der Waals surface area contributed by atoms with Crippen molar-refractivity contribution in [1.29, 1.82) is 0 Å². The smallest absolute Gasteiger partial charge is 0.462 e. The molecule has 17 nitrogen and oxygen atoms in total. The highest BCUT2D eigenvalue weighted by atomic mass is 31.2. The normalized spacial score (nSPS) is 14.2. The van der Waals surface area contributed by atoms with Gasteiger partial charge in [0.05, 0.1) is 26.4 Å². The molecule has 5 atom stereocenters. The lowest BCUT2D eigenvalue weighted by Gasteiger charge is -2.21. The topological polar surface area (TPSA) is 237 Å². The van der Waals surface area contributed by atoms with Gasteiger partial charge in [0.15, 0.2) is 12.2 Å². The lowest BCUT2D eigenvalue weighted by atomic mass is 10.0. The molecule has 0 amide bonds. The summed E-state index contributed by atoms with van der Waals surface area (Å²) in [5.41, 5.74) is 0. The van der Waals surface area contributed by atoms with Crippen molar-refractivity contribution >= 4 is 39.5 Å². The molecule has 0 spiro atoms. The highest BCUT2D eigenvalue weighted by molar-refractivity contribution is 7.47. The first-order valence-corrected chi connectivity index (χ1v) is 40.9. The van der Waals surface area contributed by atoms with Crippen LogP contribution in [0.15, 0.2) is 24.3 Å². The van der Waals surface area contributed by atoms with Crippen molar-refractivity contribution in [3.05, 3.63) is 24.3 Å². The first kappa shape index (κ1) is 90.5. The molecule has 0 saturated heterocycles. The standard InChI is InChI=1S/C74H140O17P2/c1-6-9-12-15-18-21-23-25-27-28-29-31-33-35-38-44-49-54-59-73(78)90-69(64-85-72(77)58-53-48-43-37-34-32-30-26-24-22-19-16-13-10-7-2)65-88-92(80,81)86-61-68(75)62-87-93(82,83)89-66-70(63-84-71(76)57-52-47-42-36-20-17-14-11-8-3)91-74(79)60-55-50-45-40-39-41-46-51-56-67(4)5/h22,24,26,30,67-70,75H,6-21,23,25,27-29,31-66H2,1-5H3,(H,80,81)(H,82,83)/b24-22-,30-26-/t68-,69-,70-/m1/s1. The molecule has 0 aliphatic rings. The third-order valence-corrected chi connectivity index (χ3v) is 18.6. The number of aliphatic hydroxyl groups is 1. The fourth-order valence-corrected chi connectivity index (χ4v) is 12.4. The molecule has 0 rings (SSSR count). The molecule has 548 valence electrons. The zero-order chi connectivity index (χ0) is 68.4. The first-order chi connectivity index (χ1) is 45.0. The predicted octanol–water partition coefficient (Wildman–Crippen LogP) is 21.2. The number of phosphoric acid groups is 2. The zero-order valence-electron chi connectivity index (χ0n) is 59.9. The second kappa shape index (κ2) is 66.8. The highest BCUT2D eigenvalue weighted by Gasteiger charge is 2.30. The maximum atomic E-state index is 13.1. The zero-order valence-corrected chi connectivity index (χ0v) is 61.7. The number of hydrogen-bond donors (Lipinski definition) is 3. The molecule has 19 heteroatoms. The van der Waals surface area contributed by atoms with E-state index in [-0.39, 0.29) is 25.7 Å². The lowest BCUT2D eigenvalue weighted by molar-refractivity contribution is -0.161. The number of esters is 4. The largest absolute Gasteiger partial charge is 0.472 e. The maximum absolute atomic E-state index is 13.1. The van der Waals surface area contributed by atoms with E-state index < -0.39 is 97.5 Å². The monoisotopic (exact) mass is 1360 g/mol. The van der Waals surface area contributed by atoms with Gasteiger partial charge in [0.25, 0.3) is 0 Å². The van der Waals surface area contributed by atoms with Gasteiger partial charge in [0.2, 0.25) is 0 Å². The van der Waals surface area contributed by atoms with Gasteiger partial charge in [-0.1, -0.05) is 309 Å². The molecule has 0 aliphatic heterocycles. The van der Waals surface area contributed by atoms with Crippen LogP contribution in [-0.2, 0) is 65.4 Å². The number of carbonyl (C=O) groups excluding carboxylic acids is 4. The van der Waals surface area contributed by atoms with Gasteiger partial charge in [0.1, 0.15) is 19.3 Å². The molecule has 0 aromatic heterocycles. The minimum atomic E-state index is -4.96. The predicted molar refractivity (Wildman–Crippen MR) is 377 cm³/mol. The number of carbonyl (C=O) groups is 4. The van der Waals surface area contributed by atoms with Crippen LogP contribution in [0.3, 0.4) is 0 Å². The summed E-state index contributed by atoms with van der Waals surface area (Å²) in [5, 5.41) is 10.6. The molecule has 0 saturated carbocycles. The molecular weight excluding hydrogens is 1220 g/mol. The number of allylic oxidation sites excluding steroid dienone is 4. The molecule has 0 aliphatic carbocycles. The van der Waals surface area contributed by atoms with Crippen LogP contribution in [-0.4, -0.2) is 96.7 Å². The third-order valence-electron chi connectivity index (χ3n) is 16.7. The van der Waals surface area contributed by atoms with Gasteiger partial charge in [0, 0.05) is 25.7 Å². The summed E-state index contributed by atoms with van der Waals surface area (Å²) in [5.74, 6) is -1.43. The van der Waals surface area contributed by atoms with Crippen LogP contribution in [0.25, 0.3) is 0 Å².